The van der Waals surface area contributed by atoms with E-state index in [2.05, 4.69) is 5.32 Å². The molecule has 0 saturated heterocycles. The van der Waals surface area contributed by atoms with Gasteiger partial charge in [-0.2, -0.15) is 0 Å². The Labute approximate surface area is 99.2 Å². The number of rotatable bonds is 2. The molecule has 2 unspecified atom stereocenters. The Balaban J connectivity index is 2.16. The molecule has 0 amide bonds. The predicted octanol–water partition coefficient (Wildman–Crippen LogP) is 3.32. The summed E-state index contributed by atoms with van der Waals surface area (Å²) >= 11 is 12.1. The highest BCUT2D eigenvalue weighted by molar-refractivity contribution is 6.39. The zero-order valence-electron chi connectivity index (χ0n) is 8.21. The molecule has 0 aromatic heterocycles. The summed E-state index contributed by atoms with van der Waals surface area (Å²) < 4.78 is 0. The minimum absolute atomic E-state index is 0.0717. The molecule has 82 valence electrons. The molecule has 0 spiro atoms. The van der Waals surface area contributed by atoms with Crippen molar-refractivity contribution in [2.24, 2.45) is 0 Å². The van der Waals surface area contributed by atoms with Gasteiger partial charge in [-0.25, -0.2) is 0 Å². The van der Waals surface area contributed by atoms with E-state index in [1.807, 2.05) is 0 Å². The summed E-state index contributed by atoms with van der Waals surface area (Å²) in [6.07, 6.45) is 2.56. The van der Waals surface area contributed by atoms with Gasteiger partial charge in [-0.15, -0.1) is 0 Å². The van der Waals surface area contributed by atoms with Gasteiger partial charge < -0.3 is 10.4 Å². The number of aliphatic hydroxyl groups excluding tert-OH is 1. The van der Waals surface area contributed by atoms with Crippen LogP contribution >= 0.6 is 23.2 Å². The lowest BCUT2D eigenvalue weighted by molar-refractivity contribution is 0.172. The second-order valence-corrected chi connectivity index (χ2v) is 4.66. The number of halogens is 2. The average Bonchev–Trinajstić information content (AvgIpc) is 2.58. The van der Waals surface area contributed by atoms with Crippen LogP contribution in [-0.2, 0) is 0 Å². The summed E-state index contributed by atoms with van der Waals surface area (Å²) in [5, 5.41) is 14.1. The molecule has 0 radical (unpaired) electrons. The smallest absolute Gasteiger partial charge is 0.0741 e. The molecular formula is C11H13Cl2NO. The molecule has 2 rings (SSSR count). The van der Waals surface area contributed by atoms with Crippen LogP contribution in [-0.4, -0.2) is 17.3 Å². The van der Waals surface area contributed by atoms with Crippen LogP contribution in [0.15, 0.2) is 18.2 Å². The van der Waals surface area contributed by atoms with Crippen molar-refractivity contribution in [1.82, 2.24) is 0 Å². The van der Waals surface area contributed by atoms with Gasteiger partial charge in [0.05, 0.1) is 27.9 Å². The van der Waals surface area contributed by atoms with E-state index in [-0.39, 0.29) is 12.1 Å². The maximum absolute atomic E-state index is 9.68. The third kappa shape index (κ3) is 2.39. The standard InChI is InChI=1S/C11H13Cl2NO/c12-7-3-1-4-8(13)11(7)14-9-5-2-6-10(9)15/h1,3-4,9-10,14-15H,2,5-6H2. The van der Waals surface area contributed by atoms with Gasteiger partial charge in [0.15, 0.2) is 0 Å². The largest absolute Gasteiger partial charge is 0.391 e. The number of benzene rings is 1. The van der Waals surface area contributed by atoms with E-state index < -0.39 is 0 Å². The van der Waals surface area contributed by atoms with E-state index in [1.54, 1.807) is 18.2 Å². The number of aliphatic hydroxyl groups is 1. The van der Waals surface area contributed by atoms with Crippen molar-refractivity contribution >= 4 is 28.9 Å². The van der Waals surface area contributed by atoms with Crippen molar-refractivity contribution in [2.75, 3.05) is 5.32 Å². The fourth-order valence-electron chi connectivity index (χ4n) is 1.93. The third-order valence-corrected chi connectivity index (χ3v) is 3.40. The van der Waals surface area contributed by atoms with Gasteiger partial charge in [-0.1, -0.05) is 29.3 Å². The highest BCUT2D eigenvalue weighted by Gasteiger charge is 2.25. The first-order valence-electron chi connectivity index (χ1n) is 5.07. The van der Waals surface area contributed by atoms with Crippen LogP contribution in [0.25, 0.3) is 0 Å². The highest BCUT2D eigenvalue weighted by atomic mass is 35.5. The van der Waals surface area contributed by atoms with E-state index in [0.717, 1.165) is 24.9 Å². The number of hydrogen-bond acceptors (Lipinski definition) is 2. The molecule has 2 atom stereocenters. The van der Waals surface area contributed by atoms with Gasteiger partial charge in [0.1, 0.15) is 0 Å². The fourth-order valence-corrected chi connectivity index (χ4v) is 2.44. The summed E-state index contributed by atoms with van der Waals surface area (Å²) in [7, 11) is 0. The molecule has 2 N–H and O–H groups in total. The molecule has 1 aliphatic rings. The Morgan fingerprint density at radius 1 is 1.20 bits per heavy atom. The van der Waals surface area contributed by atoms with E-state index in [4.69, 9.17) is 23.2 Å². The average molecular weight is 246 g/mol. The Morgan fingerprint density at radius 3 is 2.40 bits per heavy atom. The maximum atomic E-state index is 9.68. The van der Waals surface area contributed by atoms with Gasteiger partial charge in [0, 0.05) is 0 Å². The number of anilines is 1. The Hall–Kier alpha value is -0.440. The maximum Gasteiger partial charge on any atom is 0.0741 e. The second-order valence-electron chi connectivity index (χ2n) is 3.85. The monoisotopic (exact) mass is 245 g/mol. The van der Waals surface area contributed by atoms with Crippen LogP contribution in [0.1, 0.15) is 19.3 Å². The van der Waals surface area contributed by atoms with Crippen molar-refractivity contribution in [2.45, 2.75) is 31.4 Å². The fraction of sp³-hybridized carbons (Fsp3) is 0.455. The van der Waals surface area contributed by atoms with Crippen LogP contribution < -0.4 is 5.32 Å². The molecule has 1 aromatic carbocycles. The Bertz CT molecular complexity index is 336. The van der Waals surface area contributed by atoms with Crippen LogP contribution in [0.2, 0.25) is 10.0 Å². The third-order valence-electron chi connectivity index (χ3n) is 2.77. The van der Waals surface area contributed by atoms with Crippen molar-refractivity contribution in [3.63, 3.8) is 0 Å². The van der Waals surface area contributed by atoms with Crippen LogP contribution in [0.5, 0.6) is 0 Å². The van der Waals surface area contributed by atoms with E-state index in [9.17, 15) is 5.11 Å². The molecule has 15 heavy (non-hydrogen) atoms. The quantitative estimate of drug-likeness (QED) is 0.838. The van der Waals surface area contributed by atoms with E-state index in [0.29, 0.717) is 10.0 Å². The minimum atomic E-state index is -0.294. The molecule has 0 aliphatic heterocycles. The molecule has 1 saturated carbocycles. The van der Waals surface area contributed by atoms with Crippen LogP contribution in [0.3, 0.4) is 0 Å². The van der Waals surface area contributed by atoms with Crippen LogP contribution in [0.4, 0.5) is 5.69 Å². The Morgan fingerprint density at radius 2 is 1.87 bits per heavy atom. The SMILES string of the molecule is OC1CCCC1Nc1c(Cl)cccc1Cl. The summed E-state index contributed by atoms with van der Waals surface area (Å²) in [6.45, 7) is 0. The zero-order chi connectivity index (χ0) is 10.8. The van der Waals surface area contributed by atoms with Crippen molar-refractivity contribution in [3.8, 4) is 0 Å². The summed E-state index contributed by atoms with van der Waals surface area (Å²) in [4.78, 5) is 0. The van der Waals surface area contributed by atoms with E-state index in [1.165, 1.54) is 0 Å². The molecule has 0 heterocycles. The molecule has 4 heteroatoms. The van der Waals surface area contributed by atoms with Gasteiger partial charge in [0.2, 0.25) is 0 Å². The molecular weight excluding hydrogens is 233 g/mol. The molecule has 1 aliphatic carbocycles. The summed E-state index contributed by atoms with van der Waals surface area (Å²) in [5.74, 6) is 0. The highest BCUT2D eigenvalue weighted by Crippen LogP contribution is 2.33. The lowest BCUT2D eigenvalue weighted by Crippen LogP contribution is -2.28. The summed E-state index contributed by atoms with van der Waals surface area (Å²) in [6, 6.07) is 5.46. The first-order valence-corrected chi connectivity index (χ1v) is 5.82. The normalized spacial score (nSPS) is 25.5. The van der Waals surface area contributed by atoms with Gasteiger partial charge in [-0.05, 0) is 31.4 Å². The number of para-hydroxylation sites is 1. The summed E-state index contributed by atoms with van der Waals surface area (Å²) in [5.41, 5.74) is 0.729. The van der Waals surface area contributed by atoms with Gasteiger partial charge in [0.25, 0.3) is 0 Å². The Kier molecular flexibility index (Phi) is 3.39. The van der Waals surface area contributed by atoms with Crippen molar-refractivity contribution < 1.29 is 5.11 Å². The zero-order valence-corrected chi connectivity index (χ0v) is 9.72. The molecule has 1 fully saturated rings. The topological polar surface area (TPSA) is 32.3 Å². The number of hydrogen-bond donors (Lipinski definition) is 2. The minimum Gasteiger partial charge on any atom is -0.391 e. The second kappa shape index (κ2) is 4.60. The number of nitrogens with one attached hydrogen (secondary N) is 1. The lowest BCUT2D eigenvalue weighted by atomic mass is 10.2. The van der Waals surface area contributed by atoms with Gasteiger partial charge in [-0.3, -0.25) is 0 Å². The molecule has 1 aromatic rings. The first-order chi connectivity index (χ1) is 7.18. The first kappa shape index (κ1) is 11.1. The lowest BCUT2D eigenvalue weighted by Gasteiger charge is -2.19. The van der Waals surface area contributed by atoms with E-state index >= 15 is 0 Å². The molecule has 0 bridgehead atoms. The van der Waals surface area contributed by atoms with Crippen molar-refractivity contribution in [3.05, 3.63) is 28.2 Å². The van der Waals surface area contributed by atoms with Gasteiger partial charge >= 0.3 is 0 Å². The van der Waals surface area contributed by atoms with Crippen LogP contribution in [0, 0.1) is 0 Å². The predicted molar refractivity (Wildman–Crippen MR) is 63.7 cm³/mol. The molecule has 2 nitrogen and oxygen atoms in total. The van der Waals surface area contributed by atoms with Crippen molar-refractivity contribution in [1.29, 1.82) is 0 Å².